The maximum Gasteiger partial charge on any atom is 0.235 e. The molecule has 0 fully saturated rings. The summed E-state index contributed by atoms with van der Waals surface area (Å²) in [5.74, 6) is 0.655. The summed E-state index contributed by atoms with van der Waals surface area (Å²) in [5.41, 5.74) is 10.9. The lowest BCUT2D eigenvalue weighted by Gasteiger charge is -2.33. The van der Waals surface area contributed by atoms with Crippen LogP contribution < -0.4 is 4.90 Å². The van der Waals surface area contributed by atoms with Gasteiger partial charge < -0.3 is 4.57 Å². The molecule has 0 radical (unpaired) electrons. The fourth-order valence-electron chi connectivity index (χ4n) is 8.13. The van der Waals surface area contributed by atoms with Crippen molar-refractivity contribution in [3.63, 3.8) is 0 Å². The molecule has 232 valence electrons. The number of rotatable bonds is 3. The third-order valence-corrected chi connectivity index (χ3v) is 10.3. The topological polar surface area (TPSA) is 34.0 Å². The zero-order chi connectivity index (χ0) is 32.8. The number of aromatic nitrogens is 3. The highest BCUT2D eigenvalue weighted by Crippen LogP contribution is 2.53. The first-order valence-corrected chi connectivity index (χ1v) is 17.0. The van der Waals surface area contributed by atoms with E-state index in [0.29, 0.717) is 5.95 Å². The van der Waals surface area contributed by atoms with Gasteiger partial charge in [-0.15, -0.1) is 0 Å². The lowest BCUT2D eigenvalue weighted by atomic mass is 9.89. The molecule has 1 aliphatic rings. The van der Waals surface area contributed by atoms with Gasteiger partial charge in [0.15, 0.2) is 0 Å². The summed E-state index contributed by atoms with van der Waals surface area (Å²) >= 11 is 0. The average Bonchev–Trinajstić information content (AvgIpc) is 3.51. The second-order valence-electron chi connectivity index (χ2n) is 13.0. The van der Waals surface area contributed by atoms with E-state index < -0.39 is 0 Å². The van der Waals surface area contributed by atoms with Crippen LogP contribution in [0.3, 0.4) is 0 Å². The van der Waals surface area contributed by atoms with Gasteiger partial charge in [0.25, 0.3) is 0 Å². The van der Waals surface area contributed by atoms with E-state index in [-0.39, 0.29) is 0 Å². The number of fused-ring (bicyclic) bond motifs is 8. The summed E-state index contributed by atoms with van der Waals surface area (Å²) in [5, 5.41) is 8.23. The molecule has 2 aromatic heterocycles. The van der Waals surface area contributed by atoms with Crippen molar-refractivity contribution < 1.29 is 0 Å². The highest BCUT2D eigenvalue weighted by Gasteiger charge is 2.30. The second-order valence-corrected chi connectivity index (χ2v) is 13.0. The number of para-hydroxylation sites is 3. The molecule has 0 unspecified atom stereocenters. The Kier molecular flexibility index (Phi) is 5.63. The van der Waals surface area contributed by atoms with Gasteiger partial charge in [-0.3, -0.25) is 4.90 Å². The Labute approximate surface area is 288 Å². The maximum atomic E-state index is 5.53. The smallest absolute Gasteiger partial charge is 0.235 e. The van der Waals surface area contributed by atoms with Crippen molar-refractivity contribution in [2.45, 2.75) is 0 Å². The van der Waals surface area contributed by atoms with Crippen LogP contribution in [0.25, 0.3) is 82.3 Å². The van der Waals surface area contributed by atoms with Gasteiger partial charge in [0.05, 0.1) is 33.6 Å². The first-order chi connectivity index (χ1) is 24.8. The lowest BCUT2D eigenvalue weighted by Crippen LogP contribution is -2.18. The van der Waals surface area contributed by atoms with Crippen LogP contribution in [-0.2, 0) is 0 Å². The van der Waals surface area contributed by atoms with Crippen molar-refractivity contribution in [2.24, 2.45) is 0 Å². The van der Waals surface area contributed by atoms with E-state index in [0.717, 1.165) is 44.7 Å². The maximum absolute atomic E-state index is 5.53. The predicted molar refractivity (Wildman–Crippen MR) is 208 cm³/mol. The predicted octanol–water partition coefficient (Wildman–Crippen LogP) is 12.2. The van der Waals surface area contributed by atoms with Crippen molar-refractivity contribution in [1.29, 1.82) is 0 Å². The number of hydrogen-bond donors (Lipinski definition) is 0. The Morgan fingerprint density at radius 2 is 1.16 bits per heavy atom. The Balaban J connectivity index is 1.22. The Hall–Kier alpha value is -6.78. The van der Waals surface area contributed by atoms with Gasteiger partial charge in [0.2, 0.25) is 5.95 Å². The van der Waals surface area contributed by atoms with Gasteiger partial charge in [-0.05, 0) is 52.7 Å². The van der Waals surface area contributed by atoms with Crippen LogP contribution in [0.1, 0.15) is 0 Å². The average molecular weight is 637 g/mol. The monoisotopic (exact) mass is 636 g/mol. The molecular weight excluding hydrogens is 609 g/mol. The third-order valence-electron chi connectivity index (χ3n) is 10.3. The zero-order valence-electron chi connectivity index (χ0n) is 27.0. The Bertz CT molecular complexity index is 2990. The summed E-state index contributed by atoms with van der Waals surface area (Å²) in [6.07, 6.45) is 0. The molecule has 0 atom stereocenters. The minimum absolute atomic E-state index is 0.655. The second kappa shape index (κ2) is 10.4. The molecule has 8 aromatic carbocycles. The van der Waals surface area contributed by atoms with Crippen LogP contribution >= 0.6 is 0 Å². The molecule has 0 saturated heterocycles. The van der Waals surface area contributed by atoms with E-state index in [1.165, 1.54) is 49.0 Å². The summed E-state index contributed by atoms with van der Waals surface area (Å²) < 4.78 is 2.36. The third kappa shape index (κ3) is 3.81. The quantitative estimate of drug-likeness (QED) is 0.193. The van der Waals surface area contributed by atoms with Crippen molar-refractivity contribution >= 4 is 71.6 Å². The minimum atomic E-state index is 0.655. The molecule has 0 saturated carbocycles. The molecule has 0 amide bonds. The van der Waals surface area contributed by atoms with Gasteiger partial charge in [0, 0.05) is 43.7 Å². The van der Waals surface area contributed by atoms with Gasteiger partial charge in [-0.25, -0.2) is 9.97 Å². The zero-order valence-corrected chi connectivity index (χ0v) is 27.0. The van der Waals surface area contributed by atoms with Gasteiger partial charge in [-0.2, -0.15) is 0 Å². The fraction of sp³-hybridized carbons (Fsp3) is 0. The molecule has 11 rings (SSSR count). The molecule has 4 heteroatoms. The summed E-state index contributed by atoms with van der Waals surface area (Å²) in [6, 6.07) is 60.7. The summed E-state index contributed by atoms with van der Waals surface area (Å²) in [6.45, 7) is 0. The van der Waals surface area contributed by atoms with Gasteiger partial charge in [-0.1, -0.05) is 133 Å². The van der Waals surface area contributed by atoms with E-state index in [1.54, 1.807) is 0 Å². The minimum Gasteiger partial charge on any atom is -0.309 e. The molecule has 4 nitrogen and oxygen atoms in total. The molecule has 1 aliphatic heterocycles. The molecular formula is C46H28N4. The molecule has 0 spiro atoms. The molecule has 0 N–H and O–H groups in total. The van der Waals surface area contributed by atoms with Crippen LogP contribution in [0.2, 0.25) is 0 Å². The largest absolute Gasteiger partial charge is 0.309 e. The fourth-order valence-corrected chi connectivity index (χ4v) is 8.13. The number of benzene rings is 8. The highest BCUT2D eigenvalue weighted by atomic mass is 15.3. The standard InChI is InChI=1S/C46H28N4/c1-2-15-32(16-3-1)49-40-22-9-7-18-34(40)35-26-25-31(28-42(35)49)44-38-19-6-8-21-39(38)47-46(48-44)50-41-23-11-14-30-13-10-20-36(43(30)41)37-27-24-29-12-4-5-17-33(29)45(37)50/h1-28H. The van der Waals surface area contributed by atoms with Crippen LogP contribution in [-0.4, -0.2) is 14.5 Å². The molecule has 50 heavy (non-hydrogen) atoms. The number of hydrogen-bond acceptors (Lipinski definition) is 3. The molecule has 3 heterocycles. The molecule has 10 aromatic rings. The summed E-state index contributed by atoms with van der Waals surface area (Å²) in [7, 11) is 0. The summed E-state index contributed by atoms with van der Waals surface area (Å²) in [4.78, 5) is 13.1. The first kappa shape index (κ1) is 27.2. The normalized spacial score (nSPS) is 12.4. The highest BCUT2D eigenvalue weighted by molar-refractivity contribution is 6.18. The van der Waals surface area contributed by atoms with E-state index >= 15 is 0 Å². The van der Waals surface area contributed by atoms with E-state index in [4.69, 9.17) is 9.97 Å². The van der Waals surface area contributed by atoms with Crippen molar-refractivity contribution in [2.75, 3.05) is 4.90 Å². The van der Waals surface area contributed by atoms with Crippen molar-refractivity contribution in [3.05, 3.63) is 170 Å². The van der Waals surface area contributed by atoms with Crippen LogP contribution in [0.4, 0.5) is 17.3 Å². The number of anilines is 3. The lowest BCUT2D eigenvalue weighted by molar-refractivity contribution is 1.12. The van der Waals surface area contributed by atoms with Gasteiger partial charge >= 0.3 is 0 Å². The van der Waals surface area contributed by atoms with Gasteiger partial charge in [0.1, 0.15) is 0 Å². The first-order valence-electron chi connectivity index (χ1n) is 17.0. The van der Waals surface area contributed by atoms with Crippen molar-refractivity contribution in [1.82, 2.24) is 14.5 Å². The van der Waals surface area contributed by atoms with E-state index in [2.05, 4.69) is 179 Å². The van der Waals surface area contributed by atoms with Crippen molar-refractivity contribution in [3.8, 4) is 28.1 Å². The molecule has 0 aliphatic carbocycles. The van der Waals surface area contributed by atoms with Crippen LogP contribution in [0.15, 0.2) is 170 Å². The Morgan fingerprint density at radius 3 is 2.06 bits per heavy atom. The SMILES string of the molecule is c1ccc(-n2c3ccccc3c3ccc(-c4nc(N5c6c(ccc7ccccc67)-c6cccc7cccc5c67)nc5ccccc45)cc32)cc1. The Morgan fingerprint density at radius 1 is 0.440 bits per heavy atom. The van der Waals surface area contributed by atoms with E-state index in [1.807, 2.05) is 0 Å². The van der Waals surface area contributed by atoms with E-state index in [9.17, 15) is 0 Å². The number of nitrogens with zero attached hydrogens (tertiary/aromatic N) is 4. The van der Waals surface area contributed by atoms with Crippen LogP contribution in [0.5, 0.6) is 0 Å². The van der Waals surface area contributed by atoms with Crippen LogP contribution in [0, 0.1) is 0 Å². The molecule has 0 bridgehead atoms.